The summed E-state index contributed by atoms with van der Waals surface area (Å²) in [6, 6.07) is 0.0181. The van der Waals surface area contributed by atoms with Crippen LogP contribution in [0.2, 0.25) is 0 Å². The van der Waals surface area contributed by atoms with Gasteiger partial charge in [0.05, 0.1) is 5.75 Å². The van der Waals surface area contributed by atoms with Gasteiger partial charge in [-0.05, 0) is 24.1 Å². The lowest BCUT2D eigenvalue weighted by Gasteiger charge is -2.23. The molecule has 0 radical (unpaired) electrons. The first-order chi connectivity index (χ1) is 6.47. The Kier molecular flexibility index (Phi) is 4.18. The van der Waals surface area contributed by atoms with E-state index in [9.17, 15) is 8.42 Å². The maximum absolute atomic E-state index is 11.5. The first-order valence-corrected chi connectivity index (χ1v) is 6.80. The Balaban J connectivity index is 2.59. The molecule has 4 nitrogen and oxygen atoms in total. The molecule has 14 heavy (non-hydrogen) atoms. The van der Waals surface area contributed by atoms with Crippen LogP contribution in [0.4, 0.5) is 0 Å². The molecule has 0 bridgehead atoms. The Morgan fingerprint density at radius 1 is 1.50 bits per heavy atom. The Labute approximate surface area is 90.8 Å². The lowest BCUT2D eigenvalue weighted by atomic mass is 10.1. The monoisotopic (exact) mass is 240 g/mol. The maximum atomic E-state index is 11.5. The van der Waals surface area contributed by atoms with E-state index in [1.165, 1.54) is 4.31 Å². The summed E-state index contributed by atoms with van der Waals surface area (Å²) in [7, 11) is -2.99. The molecule has 0 unspecified atom stereocenters. The summed E-state index contributed by atoms with van der Waals surface area (Å²) < 4.78 is 24.5. The highest BCUT2D eigenvalue weighted by Gasteiger charge is 2.30. The molecule has 0 amide bonds. The zero-order valence-electron chi connectivity index (χ0n) is 8.53. The van der Waals surface area contributed by atoms with Gasteiger partial charge >= 0.3 is 0 Å². The van der Waals surface area contributed by atoms with Crippen molar-refractivity contribution in [3.05, 3.63) is 0 Å². The molecule has 6 heteroatoms. The van der Waals surface area contributed by atoms with Gasteiger partial charge in [-0.1, -0.05) is 13.8 Å². The van der Waals surface area contributed by atoms with Gasteiger partial charge in [-0.25, -0.2) is 17.6 Å². The Bertz CT molecular complexity index is 279. The minimum absolute atomic E-state index is 0.0181. The van der Waals surface area contributed by atoms with Crippen molar-refractivity contribution in [1.82, 2.24) is 9.14 Å². The smallest absolute Gasteiger partial charge is 0.214 e. The van der Waals surface area contributed by atoms with Crippen LogP contribution in [0.5, 0.6) is 0 Å². The highest BCUT2D eigenvalue weighted by atomic mass is 35.5. The number of hydrogen-bond acceptors (Lipinski definition) is 3. The van der Waals surface area contributed by atoms with Gasteiger partial charge in [0.1, 0.15) is 0 Å². The second-order valence-electron chi connectivity index (χ2n) is 3.99. The molecule has 1 fully saturated rings. The average Bonchev–Trinajstić information content (AvgIpc) is 2.40. The van der Waals surface area contributed by atoms with Crippen LogP contribution in [-0.4, -0.2) is 37.6 Å². The molecule has 1 N–H and O–H groups in total. The van der Waals surface area contributed by atoms with E-state index in [1.807, 2.05) is 13.8 Å². The van der Waals surface area contributed by atoms with Crippen molar-refractivity contribution in [2.24, 2.45) is 5.92 Å². The van der Waals surface area contributed by atoms with Gasteiger partial charge in [0.25, 0.3) is 0 Å². The largest absolute Gasteiger partial charge is 0.229 e. The summed E-state index contributed by atoms with van der Waals surface area (Å²) in [5, 5.41) is 0. The second-order valence-corrected chi connectivity index (χ2v) is 6.29. The molecule has 0 aliphatic carbocycles. The number of hydrogen-bond donors (Lipinski definition) is 1. The first-order valence-electron chi connectivity index (χ1n) is 4.81. The molecule has 0 spiro atoms. The normalized spacial score (nSPS) is 24.3. The Hall–Kier alpha value is 0.160. The van der Waals surface area contributed by atoms with Gasteiger partial charge in [0.2, 0.25) is 10.0 Å². The van der Waals surface area contributed by atoms with Crippen LogP contribution < -0.4 is 4.84 Å². The summed E-state index contributed by atoms with van der Waals surface area (Å²) in [6.45, 7) is 5.14. The van der Waals surface area contributed by atoms with Crippen LogP contribution in [-0.2, 0) is 10.0 Å². The third kappa shape index (κ3) is 2.82. The van der Waals surface area contributed by atoms with Crippen molar-refractivity contribution < 1.29 is 8.42 Å². The van der Waals surface area contributed by atoms with Gasteiger partial charge in [0, 0.05) is 19.1 Å². The van der Waals surface area contributed by atoms with Crippen molar-refractivity contribution in [2.45, 2.75) is 26.3 Å². The molecule has 84 valence electrons. The van der Waals surface area contributed by atoms with Crippen LogP contribution in [0.25, 0.3) is 0 Å². The Morgan fingerprint density at radius 2 is 2.14 bits per heavy atom. The highest BCUT2D eigenvalue weighted by molar-refractivity contribution is 7.89. The quantitative estimate of drug-likeness (QED) is 0.740. The van der Waals surface area contributed by atoms with Crippen molar-refractivity contribution >= 4 is 21.8 Å². The second kappa shape index (κ2) is 4.79. The summed E-state index contributed by atoms with van der Waals surface area (Å²) >= 11 is 5.56. The molecule has 1 aliphatic heterocycles. The van der Waals surface area contributed by atoms with Crippen LogP contribution in [0.3, 0.4) is 0 Å². The van der Waals surface area contributed by atoms with Gasteiger partial charge in [-0.2, -0.15) is 0 Å². The predicted molar refractivity (Wildman–Crippen MR) is 57.6 cm³/mol. The van der Waals surface area contributed by atoms with Crippen molar-refractivity contribution in [3.63, 3.8) is 0 Å². The number of nitrogens with zero attached hydrogens (tertiary/aromatic N) is 1. The summed E-state index contributed by atoms with van der Waals surface area (Å²) in [6.07, 6.45) is 0.732. The summed E-state index contributed by atoms with van der Waals surface area (Å²) in [5.41, 5.74) is 0. The van der Waals surface area contributed by atoms with Crippen molar-refractivity contribution in [1.29, 1.82) is 0 Å². The minimum Gasteiger partial charge on any atom is -0.229 e. The molecule has 1 saturated heterocycles. The molecule has 1 aliphatic rings. The summed E-state index contributed by atoms with van der Waals surface area (Å²) in [5.74, 6) is 0.600. The van der Waals surface area contributed by atoms with E-state index >= 15 is 0 Å². The molecular formula is C8H17ClN2O2S. The topological polar surface area (TPSA) is 49.4 Å². The number of nitrogens with one attached hydrogen (secondary N) is 1. The number of halogens is 1. The van der Waals surface area contributed by atoms with Crippen LogP contribution in [0, 0.1) is 5.92 Å². The number of rotatable bonds is 4. The van der Waals surface area contributed by atoms with E-state index in [4.69, 9.17) is 11.8 Å². The highest BCUT2D eigenvalue weighted by Crippen LogP contribution is 2.15. The zero-order valence-corrected chi connectivity index (χ0v) is 10.1. The van der Waals surface area contributed by atoms with Crippen LogP contribution in [0.1, 0.15) is 20.3 Å². The molecule has 0 saturated carbocycles. The predicted octanol–water partition coefficient (Wildman–Crippen LogP) is 0.790. The first kappa shape index (κ1) is 12.2. The minimum atomic E-state index is -2.99. The van der Waals surface area contributed by atoms with Crippen LogP contribution >= 0.6 is 11.8 Å². The third-order valence-electron chi connectivity index (χ3n) is 2.55. The Morgan fingerprint density at radius 3 is 2.50 bits per heavy atom. The standard InChI is InChI=1S/C8H17ClN2O2S/c1-7(2)8(10-9)6-11-4-3-5-14(11,12)13/h7-8,10H,3-6H2,1-2H3/t8-/m1/s1. The lowest BCUT2D eigenvalue weighted by Crippen LogP contribution is -2.41. The molecular weight excluding hydrogens is 224 g/mol. The lowest BCUT2D eigenvalue weighted by molar-refractivity contribution is 0.348. The van der Waals surface area contributed by atoms with Gasteiger partial charge in [-0.3, -0.25) is 0 Å². The maximum Gasteiger partial charge on any atom is 0.214 e. The van der Waals surface area contributed by atoms with E-state index < -0.39 is 10.0 Å². The van der Waals surface area contributed by atoms with E-state index in [2.05, 4.69) is 4.84 Å². The van der Waals surface area contributed by atoms with E-state index in [0.29, 0.717) is 19.0 Å². The van der Waals surface area contributed by atoms with Crippen molar-refractivity contribution in [3.8, 4) is 0 Å². The third-order valence-corrected chi connectivity index (χ3v) is 4.75. The molecule has 0 aromatic rings. The van der Waals surface area contributed by atoms with E-state index in [0.717, 1.165) is 6.42 Å². The van der Waals surface area contributed by atoms with E-state index in [-0.39, 0.29) is 11.8 Å². The van der Waals surface area contributed by atoms with E-state index in [1.54, 1.807) is 0 Å². The van der Waals surface area contributed by atoms with Gasteiger partial charge in [-0.15, -0.1) is 0 Å². The molecule has 1 heterocycles. The fourth-order valence-electron chi connectivity index (χ4n) is 1.49. The average molecular weight is 241 g/mol. The zero-order chi connectivity index (χ0) is 10.8. The van der Waals surface area contributed by atoms with Gasteiger partial charge in [0.15, 0.2) is 0 Å². The molecule has 0 aromatic carbocycles. The SMILES string of the molecule is CC(C)[C@@H](CN1CCCS1(=O)=O)NCl. The molecule has 0 aromatic heterocycles. The fraction of sp³-hybridized carbons (Fsp3) is 1.00. The molecule has 1 atom stereocenters. The molecule has 1 rings (SSSR count). The summed E-state index contributed by atoms with van der Waals surface area (Å²) in [4.78, 5) is 2.63. The fourth-order valence-corrected chi connectivity index (χ4v) is 3.36. The van der Waals surface area contributed by atoms with Crippen LogP contribution in [0.15, 0.2) is 0 Å². The number of sulfonamides is 1. The van der Waals surface area contributed by atoms with Gasteiger partial charge < -0.3 is 0 Å². The van der Waals surface area contributed by atoms with Crippen molar-refractivity contribution in [2.75, 3.05) is 18.8 Å².